The third kappa shape index (κ3) is 3.86. The Bertz CT molecular complexity index is 1210. The number of nitro benzene ring substituents is 1. The predicted octanol–water partition coefficient (Wildman–Crippen LogP) is 2.93. The molecular formula is C19H15N7O3. The minimum Gasteiger partial charge on any atom is -0.507 e. The summed E-state index contributed by atoms with van der Waals surface area (Å²) in [6, 6.07) is 13.7. The number of hydrogen-bond donors (Lipinski definition) is 2. The molecule has 10 nitrogen and oxygen atoms in total. The number of non-ortho nitro benzene ring substituents is 1. The lowest BCUT2D eigenvalue weighted by Gasteiger charge is -2.04. The van der Waals surface area contributed by atoms with E-state index in [2.05, 4.69) is 25.6 Å². The van der Waals surface area contributed by atoms with Gasteiger partial charge in [0.1, 0.15) is 12.1 Å². The van der Waals surface area contributed by atoms with Crippen molar-refractivity contribution in [2.45, 2.75) is 6.54 Å². The van der Waals surface area contributed by atoms with Crippen molar-refractivity contribution in [2.75, 3.05) is 5.43 Å². The maximum Gasteiger partial charge on any atom is 0.273 e. The first-order chi connectivity index (χ1) is 14.1. The van der Waals surface area contributed by atoms with Gasteiger partial charge in [-0.3, -0.25) is 15.5 Å². The molecule has 2 aromatic heterocycles. The fourth-order valence-electron chi connectivity index (χ4n) is 2.77. The summed E-state index contributed by atoms with van der Waals surface area (Å²) in [6.07, 6.45) is 4.41. The predicted molar refractivity (Wildman–Crippen MR) is 107 cm³/mol. The number of hydrazone groups is 1. The van der Waals surface area contributed by atoms with Crippen LogP contribution < -0.4 is 5.43 Å². The molecule has 29 heavy (non-hydrogen) atoms. The smallest absolute Gasteiger partial charge is 0.273 e. The van der Waals surface area contributed by atoms with E-state index in [-0.39, 0.29) is 11.4 Å². The first-order valence-electron chi connectivity index (χ1n) is 8.59. The number of nitrogens with one attached hydrogen (secondary N) is 1. The van der Waals surface area contributed by atoms with Gasteiger partial charge in [-0.25, -0.2) is 14.6 Å². The first kappa shape index (κ1) is 18.0. The summed E-state index contributed by atoms with van der Waals surface area (Å²) in [5.41, 5.74) is 4.67. The van der Waals surface area contributed by atoms with Gasteiger partial charge in [0.25, 0.3) is 5.69 Å². The number of aromatic hydroxyl groups is 1. The van der Waals surface area contributed by atoms with Gasteiger partial charge in [0.15, 0.2) is 11.5 Å². The second kappa shape index (κ2) is 7.72. The van der Waals surface area contributed by atoms with E-state index in [9.17, 15) is 15.2 Å². The van der Waals surface area contributed by atoms with Crippen LogP contribution in [0, 0.1) is 10.1 Å². The molecule has 0 aliphatic carbocycles. The van der Waals surface area contributed by atoms with Gasteiger partial charge in [-0.05, 0) is 11.6 Å². The molecule has 4 aromatic rings. The van der Waals surface area contributed by atoms with Crippen LogP contribution in [0.5, 0.6) is 5.75 Å². The summed E-state index contributed by atoms with van der Waals surface area (Å²) < 4.78 is 1.77. The van der Waals surface area contributed by atoms with Crippen molar-refractivity contribution in [3.8, 4) is 5.75 Å². The van der Waals surface area contributed by atoms with Crippen LogP contribution >= 0.6 is 0 Å². The number of benzene rings is 2. The maximum absolute atomic E-state index is 10.7. The van der Waals surface area contributed by atoms with Crippen LogP contribution in [0.2, 0.25) is 0 Å². The topological polar surface area (TPSA) is 131 Å². The van der Waals surface area contributed by atoms with Crippen LogP contribution in [-0.4, -0.2) is 36.0 Å². The molecule has 10 heteroatoms. The molecule has 0 saturated carbocycles. The van der Waals surface area contributed by atoms with E-state index in [4.69, 9.17) is 0 Å². The second-order valence-electron chi connectivity index (χ2n) is 6.12. The molecule has 144 valence electrons. The molecule has 0 saturated heterocycles. The van der Waals surface area contributed by atoms with Crippen molar-refractivity contribution >= 4 is 28.8 Å². The summed E-state index contributed by atoms with van der Waals surface area (Å²) in [4.78, 5) is 18.6. The average molecular weight is 389 g/mol. The summed E-state index contributed by atoms with van der Waals surface area (Å²) in [5, 5.41) is 29.7. The van der Waals surface area contributed by atoms with Crippen molar-refractivity contribution < 1.29 is 10.0 Å². The van der Waals surface area contributed by atoms with Crippen molar-refractivity contribution in [2.24, 2.45) is 5.10 Å². The molecule has 0 unspecified atom stereocenters. The highest BCUT2D eigenvalue weighted by atomic mass is 16.6. The van der Waals surface area contributed by atoms with Crippen LogP contribution in [0.3, 0.4) is 0 Å². The number of anilines is 1. The van der Waals surface area contributed by atoms with E-state index in [1.807, 2.05) is 30.3 Å². The average Bonchev–Trinajstić information content (AvgIpc) is 3.13. The van der Waals surface area contributed by atoms with Crippen LogP contribution in [-0.2, 0) is 6.54 Å². The Morgan fingerprint density at radius 3 is 2.79 bits per heavy atom. The Morgan fingerprint density at radius 1 is 1.21 bits per heavy atom. The summed E-state index contributed by atoms with van der Waals surface area (Å²) >= 11 is 0. The number of phenols is 1. The zero-order valence-electron chi connectivity index (χ0n) is 15.0. The normalized spacial score (nSPS) is 11.2. The van der Waals surface area contributed by atoms with Gasteiger partial charge in [0.05, 0.1) is 35.3 Å². The standard InChI is InChI=1S/C19H15N7O3/c27-17-8-15(26(28)29)7-6-14(17)9-22-24-18-16-10-23-25(19(16)21-12-20-18)11-13-4-2-1-3-5-13/h1-10,12,27H,11H2,(H,20,21,24)/b22-9+. The molecule has 2 N–H and O–H groups in total. The van der Waals surface area contributed by atoms with Crippen molar-refractivity contribution in [3.05, 3.63) is 82.3 Å². The summed E-state index contributed by atoms with van der Waals surface area (Å²) in [5.74, 6) is 0.209. The van der Waals surface area contributed by atoms with Gasteiger partial charge in [-0.1, -0.05) is 30.3 Å². The molecule has 2 aromatic carbocycles. The highest BCUT2D eigenvalue weighted by Gasteiger charge is 2.11. The van der Waals surface area contributed by atoms with E-state index >= 15 is 0 Å². The molecule has 0 atom stereocenters. The molecular weight excluding hydrogens is 374 g/mol. The zero-order valence-corrected chi connectivity index (χ0v) is 15.0. The molecule has 2 heterocycles. The van der Waals surface area contributed by atoms with Crippen LogP contribution in [0.15, 0.2) is 66.2 Å². The van der Waals surface area contributed by atoms with Gasteiger partial charge >= 0.3 is 0 Å². The molecule has 0 radical (unpaired) electrons. The SMILES string of the molecule is O=[N+]([O-])c1ccc(/C=N/Nc2ncnc3c2cnn3Cc2ccccc2)c(O)c1. The number of aromatic nitrogens is 4. The summed E-state index contributed by atoms with van der Waals surface area (Å²) in [7, 11) is 0. The number of nitro groups is 1. The van der Waals surface area contributed by atoms with E-state index in [0.717, 1.165) is 11.6 Å². The fourth-order valence-corrected chi connectivity index (χ4v) is 2.77. The van der Waals surface area contributed by atoms with E-state index in [1.54, 1.807) is 10.9 Å². The number of rotatable bonds is 6. The molecule has 0 amide bonds. The molecule has 4 rings (SSSR count). The van der Waals surface area contributed by atoms with Gasteiger partial charge in [-0.15, -0.1) is 0 Å². The van der Waals surface area contributed by atoms with Crippen molar-refractivity contribution in [1.82, 2.24) is 19.7 Å². The van der Waals surface area contributed by atoms with Crippen molar-refractivity contribution in [3.63, 3.8) is 0 Å². The minimum absolute atomic E-state index is 0.198. The highest BCUT2D eigenvalue weighted by molar-refractivity contribution is 5.88. The minimum atomic E-state index is -0.580. The zero-order chi connectivity index (χ0) is 20.2. The third-order valence-corrected chi connectivity index (χ3v) is 4.21. The number of hydrogen-bond acceptors (Lipinski definition) is 8. The Balaban J connectivity index is 1.54. The Hall–Kier alpha value is -4.34. The van der Waals surface area contributed by atoms with E-state index in [1.165, 1.54) is 24.7 Å². The van der Waals surface area contributed by atoms with Crippen molar-refractivity contribution in [1.29, 1.82) is 0 Å². The van der Waals surface area contributed by atoms with Gasteiger partial charge in [-0.2, -0.15) is 10.2 Å². The lowest BCUT2D eigenvalue weighted by molar-refractivity contribution is -0.384. The Morgan fingerprint density at radius 2 is 2.03 bits per heavy atom. The van der Waals surface area contributed by atoms with Crippen LogP contribution in [0.4, 0.5) is 11.5 Å². The molecule has 0 aliphatic rings. The molecule has 0 spiro atoms. The number of phenolic OH excluding ortho intramolecular Hbond substituents is 1. The second-order valence-corrected chi connectivity index (χ2v) is 6.12. The quantitative estimate of drug-likeness (QED) is 0.294. The van der Waals surface area contributed by atoms with Crippen LogP contribution in [0.1, 0.15) is 11.1 Å². The van der Waals surface area contributed by atoms with Crippen LogP contribution in [0.25, 0.3) is 11.0 Å². The Labute approximate surface area is 164 Å². The molecule has 0 bridgehead atoms. The van der Waals surface area contributed by atoms with E-state index < -0.39 is 4.92 Å². The largest absolute Gasteiger partial charge is 0.507 e. The third-order valence-electron chi connectivity index (χ3n) is 4.21. The fraction of sp³-hybridized carbons (Fsp3) is 0.0526. The highest BCUT2D eigenvalue weighted by Crippen LogP contribution is 2.23. The first-order valence-corrected chi connectivity index (χ1v) is 8.59. The Kier molecular flexibility index (Phi) is 4.81. The molecule has 0 aliphatic heterocycles. The monoisotopic (exact) mass is 389 g/mol. The maximum atomic E-state index is 10.7. The van der Waals surface area contributed by atoms with Gasteiger partial charge in [0, 0.05) is 11.6 Å². The number of fused-ring (bicyclic) bond motifs is 1. The lowest BCUT2D eigenvalue weighted by atomic mass is 10.2. The van der Waals surface area contributed by atoms with Gasteiger partial charge in [0.2, 0.25) is 0 Å². The van der Waals surface area contributed by atoms with Gasteiger partial charge < -0.3 is 5.11 Å². The van der Waals surface area contributed by atoms with E-state index in [0.29, 0.717) is 29.0 Å². The lowest BCUT2D eigenvalue weighted by Crippen LogP contribution is -2.03. The number of nitrogens with zero attached hydrogens (tertiary/aromatic N) is 6. The summed E-state index contributed by atoms with van der Waals surface area (Å²) in [6.45, 7) is 0.570. The molecule has 0 fully saturated rings.